The second kappa shape index (κ2) is 9.92. The first kappa shape index (κ1) is 24.9. The van der Waals surface area contributed by atoms with E-state index in [0.29, 0.717) is 30.7 Å². The molecule has 9 nitrogen and oxygen atoms in total. The third kappa shape index (κ3) is 6.13. The lowest BCUT2D eigenvalue weighted by atomic mass is 10.1. The van der Waals surface area contributed by atoms with Crippen molar-refractivity contribution in [1.29, 1.82) is 0 Å². The van der Waals surface area contributed by atoms with Gasteiger partial charge >= 0.3 is 6.36 Å². The Balaban J connectivity index is 1.07. The molecule has 0 unspecified atom stereocenters. The van der Waals surface area contributed by atoms with E-state index in [-0.39, 0.29) is 11.9 Å². The maximum Gasteiger partial charge on any atom is 0.573 e. The van der Waals surface area contributed by atoms with Gasteiger partial charge in [-0.25, -0.2) is 0 Å². The first-order valence-corrected chi connectivity index (χ1v) is 11.8. The number of piperidine rings is 1. The van der Waals surface area contributed by atoms with Crippen molar-refractivity contribution < 1.29 is 37.3 Å². The highest BCUT2D eigenvalue weighted by Gasteiger charge is 2.37. The number of aromatic nitrogens is 2. The van der Waals surface area contributed by atoms with Crippen LogP contribution in [0.15, 0.2) is 54.7 Å². The van der Waals surface area contributed by atoms with Crippen molar-refractivity contribution in [1.82, 2.24) is 9.55 Å². The van der Waals surface area contributed by atoms with Crippen LogP contribution >= 0.6 is 0 Å². The van der Waals surface area contributed by atoms with E-state index in [4.69, 9.17) is 19.4 Å². The highest BCUT2D eigenvalue weighted by atomic mass is 19.4. The van der Waals surface area contributed by atoms with E-state index in [1.54, 1.807) is 6.20 Å². The van der Waals surface area contributed by atoms with E-state index >= 15 is 0 Å². The fourth-order valence-corrected chi connectivity index (χ4v) is 4.47. The molecule has 2 N–H and O–H groups in total. The summed E-state index contributed by atoms with van der Waals surface area (Å²) >= 11 is 0. The van der Waals surface area contributed by atoms with Crippen molar-refractivity contribution in [2.45, 2.75) is 44.4 Å². The summed E-state index contributed by atoms with van der Waals surface area (Å²) < 4.78 is 60.4. The van der Waals surface area contributed by atoms with Gasteiger partial charge in [-0.2, -0.15) is 4.98 Å². The molecule has 0 spiro atoms. The number of fused-ring (bicyclic) bond motifs is 1. The number of anilines is 2. The largest absolute Gasteiger partial charge is 0.573 e. The predicted octanol–water partition coefficient (Wildman–Crippen LogP) is 4.86. The van der Waals surface area contributed by atoms with Gasteiger partial charge in [0.2, 0.25) is 0 Å². The molecule has 3 aromatic rings. The smallest absolute Gasteiger partial charge is 0.490 e. The Morgan fingerprint density at radius 2 is 1.70 bits per heavy atom. The SMILES string of the molecule is C[C@]1(COc2ccc(N3CCC(Oc4ccc(OC(F)(F)F)cc4)CC3)cc2)Cn2cc(NO)nc2O1. The number of benzene rings is 2. The van der Waals surface area contributed by atoms with Gasteiger partial charge in [0, 0.05) is 31.6 Å². The van der Waals surface area contributed by atoms with Crippen LogP contribution in [0.1, 0.15) is 19.8 Å². The molecule has 0 radical (unpaired) electrons. The molecule has 0 amide bonds. The summed E-state index contributed by atoms with van der Waals surface area (Å²) in [6.07, 6.45) is -1.47. The minimum atomic E-state index is -4.71. The normalized spacial score (nSPS) is 19.8. The summed E-state index contributed by atoms with van der Waals surface area (Å²) in [6.45, 7) is 4.42. The molecule has 2 aromatic carbocycles. The van der Waals surface area contributed by atoms with Crippen LogP contribution in [0.2, 0.25) is 0 Å². The first-order valence-electron chi connectivity index (χ1n) is 11.8. The maximum absolute atomic E-state index is 12.3. The molecule has 2 aliphatic rings. The molecule has 198 valence electrons. The lowest BCUT2D eigenvalue weighted by Crippen LogP contribution is -2.38. The molecule has 0 aliphatic carbocycles. The summed E-state index contributed by atoms with van der Waals surface area (Å²) in [6, 6.07) is 13.8. The standard InChI is InChI=1S/C25H27F3N4O5/c1-24(15-32-14-22(30-33)29-23(32)37-24)16-34-18-4-2-17(3-5-18)31-12-10-20(11-13-31)35-19-6-8-21(9-7-19)36-25(26,27)28/h2-9,14,20,30,33H,10-13,15-16H2,1H3/t24-/m1/s1. The van der Waals surface area contributed by atoms with E-state index in [1.165, 1.54) is 24.3 Å². The number of nitrogens with one attached hydrogen (secondary N) is 1. The Morgan fingerprint density at radius 1 is 1.05 bits per heavy atom. The summed E-state index contributed by atoms with van der Waals surface area (Å²) in [5.41, 5.74) is 2.51. The fraction of sp³-hybridized carbons (Fsp3) is 0.400. The van der Waals surface area contributed by atoms with Crippen molar-refractivity contribution in [3.05, 3.63) is 54.7 Å². The molecule has 5 rings (SSSR count). The molecule has 37 heavy (non-hydrogen) atoms. The average molecular weight is 521 g/mol. The second-order valence-electron chi connectivity index (χ2n) is 9.31. The van der Waals surface area contributed by atoms with E-state index in [9.17, 15) is 13.2 Å². The molecular weight excluding hydrogens is 493 g/mol. The molecular formula is C25H27F3N4O5. The quantitative estimate of drug-likeness (QED) is 0.407. The van der Waals surface area contributed by atoms with Gasteiger partial charge < -0.3 is 23.8 Å². The van der Waals surface area contributed by atoms with Gasteiger partial charge in [-0.15, -0.1) is 13.2 Å². The van der Waals surface area contributed by atoms with E-state index in [0.717, 1.165) is 37.4 Å². The zero-order chi connectivity index (χ0) is 26.0. The minimum absolute atomic E-state index is 0.0145. The van der Waals surface area contributed by atoms with E-state index in [1.807, 2.05) is 41.2 Å². The number of hydrogen-bond acceptors (Lipinski definition) is 8. The van der Waals surface area contributed by atoms with Crippen molar-refractivity contribution in [3.63, 3.8) is 0 Å². The van der Waals surface area contributed by atoms with Crippen LogP contribution in [0.3, 0.4) is 0 Å². The number of rotatable bonds is 8. The highest BCUT2D eigenvalue weighted by Crippen LogP contribution is 2.32. The zero-order valence-electron chi connectivity index (χ0n) is 20.1. The first-order chi connectivity index (χ1) is 17.7. The van der Waals surface area contributed by atoms with Gasteiger partial charge in [0.1, 0.15) is 30.0 Å². The van der Waals surface area contributed by atoms with E-state index in [2.05, 4.69) is 14.6 Å². The van der Waals surface area contributed by atoms with Gasteiger partial charge in [-0.05, 0) is 55.5 Å². The lowest BCUT2D eigenvalue weighted by Gasteiger charge is -2.33. The van der Waals surface area contributed by atoms with Crippen LogP contribution in [0.5, 0.6) is 23.3 Å². The Labute approximate surface area is 211 Å². The third-order valence-electron chi connectivity index (χ3n) is 6.25. The van der Waals surface area contributed by atoms with Gasteiger partial charge in [0.05, 0.1) is 12.7 Å². The van der Waals surface area contributed by atoms with Crippen LogP contribution in [-0.4, -0.2) is 52.5 Å². The number of ether oxygens (including phenoxy) is 4. The Morgan fingerprint density at radius 3 is 2.32 bits per heavy atom. The van der Waals surface area contributed by atoms with Gasteiger partial charge in [-0.1, -0.05) is 0 Å². The second-order valence-corrected chi connectivity index (χ2v) is 9.31. The third-order valence-corrected chi connectivity index (χ3v) is 6.25. The summed E-state index contributed by atoms with van der Waals surface area (Å²) in [5.74, 6) is 1.31. The maximum atomic E-state index is 12.3. The van der Waals surface area contributed by atoms with Crippen molar-refractivity contribution >= 4 is 11.5 Å². The van der Waals surface area contributed by atoms with Crippen LogP contribution in [0.25, 0.3) is 0 Å². The molecule has 0 saturated carbocycles. The zero-order valence-corrected chi connectivity index (χ0v) is 20.1. The molecule has 1 atom stereocenters. The summed E-state index contributed by atoms with van der Waals surface area (Å²) in [5, 5.41) is 8.95. The van der Waals surface area contributed by atoms with Crippen molar-refractivity contribution in [2.24, 2.45) is 0 Å². The predicted molar refractivity (Wildman–Crippen MR) is 128 cm³/mol. The Hall–Kier alpha value is -3.80. The van der Waals surface area contributed by atoms with Crippen LogP contribution < -0.4 is 29.3 Å². The minimum Gasteiger partial charge on any atom is -0.490 e. The number of alkyl halides is 3. The molecule has 0 bridgehead atoms. The molecule has 1 saturated heterocycles. The fourth-order valence-electron chi connectivity index (χ4n) is 4.47. The molecule has 3 heterocycles. The van der Waals surface area contributed by atoms with Crippen LogP contribution in [-0.2, 0) is 6.54 Å². The summed E-state index contributed by atoms with van der Waals surface area (Å²) in [7, 11) is 0. The number of hydrogen-bond donors (Lipinski definition) is 2. The molecule has 1 fully saturated rings. The number of halogens is 3. The van der Waals surface area contributed by atoms with Crippen molar-refractivity contribution in [3.8, 4) is 23.3 Å². The van der Waals surface area contributed by atoms with Gasteiger partial charge in [0.15, 0.2) is 11.4 Å². The Bertz CT molecular complexity index is 1170. The molecule has 1 aromatic heterocycles. The Kier molecular flexibility index (Phi) is 6.67. The monoisotopic (exact) mass is 520 g/mol. The lowest BCUT2D eigenvalue weighted by molar-refractivity contribution is -0.274. The number of nitrogens with zero attached hydrogens (tertiary/aromatic N) is 3. The van der Waals surface area contributed by atoms with Crippen LogP contribution in [0.4, 0.5) is 24.7 Å². The van der Waals surface area contributed by atoms with Gasteiger partial charge in [0.25, 0.3) is 6.01 Å². The number of imidazole rings is 1. The van der Waals surface area contributed by atoms with E-state index < -0.39 is 12.0 Å². The van der Waals surface area contributed by atoms with Crippen molar-refractivity contribution in [2.75, 3.05) is 30.1 Å². The van der Waals surface area contributed by atoms with Gasteiger partial charge in [-0.3, -0.25) is 15.3 Å². The average Bonchev–Trinajstić information content (AvgIpc) is 3.39. The summed E-state index contributed by atoms with van der Waals surface area (Å²) in [4.78, 5) is 6.39. The molecule has 12 heteroatoms. The molecule has 2 aliphatic heterocycles. The topological polar surface area (TPSA) is 90.2 Å². The van der Waals surface area contributed by atoms with Crippen LogP contribution in [0, 0.1) is 0 Å². The highest BCUT2D eigenvalue weighted by molar-refractivity contribution is 5.49.